The second-order valence-corrected chi connectivity index (χ2v) is 6.46. The summed E-state index contributed by atoms with van der Waals surface area (Å²) in [5, 5.41) is 2.94. The van der Waals surface area contributed by atoms with Gasteiger partial charge < -0.3 is 19.4 Å². The second-order valence-electron chi connectivity index (χ2n) is 6.46. The van der Waals surface area contributed by atoms with E-state index in [1.165, 1.54) is 4.57 Å². The highest BCUT2D eigenvalue weighted by Crippen LogP contribution is 2.16. The molecule has 2 atom stereocenters. The largest absolute Gasteiger partial charge is 0.470 e. The van der Waals surface area contributed by atoms with Gasteiger partial charge in [-0.2, -0.15) is 0 Å². The molecule has 0 saturated carbocycles. The van der Waals surface area contributed by atoms with Crippen molar-refractivity contribution in [2.45, 2.75) is 32.4 Å². The standard InChI is InChI=1S/C19H23N3O4/c1-12-10-14(19(24)22(3)13(12)2)18(23)21-15-7-9-25-11-16(15)26-17-6-4-5-8-20-17/h4-6,8,10,15-16H,7,9,11H2,1-3H3,(H,21,23)/t15-,16-/m1/s1. The number of ether oxygens (including phenoxy) is 2. The van der Waals surface area contributed by atoms with E-state index >= 15 is 0 Å². The number of amides is 1. The number of rotatable bonds is 4. The topological polar surface area (TPSA) is 82.5 Å². The summed E-state index contributed by atoms with van der Waals surface area (Å²) in [7, 11) is 1.67. The van der Waals surface area contributed by atoms with Gasteiger partial charge in [0, 0.05) is 31.6 Å². The molecule has 26 heavy (non-hydrogen) atoms. The van der Waals surface area contributed by atoms with Crippen molar-refractivity contribution in [2.75, 3.05) is 13.2 Å². The highest BCUT2D eigenvalue weighted by atomic mass is 16.5. The van der Waals surface area contributed by atoms with Crippen LogP contribution in [0.4, 0.5) is 0 Å². The lowest BCUT2D eigenvalue weighted by Crippen LogP contribution is -2.52. The molecule has 7 nitrogen and oxygen atoms in total. The van der Waals surface area contributed by atoms with Crippen LogP contribution in [0.25, 0.3) is 0 Å². The van der Waals surface area contributed by atoms with Gasteiger partial charge in [-0.3, -0.25) is 9.59 Å². The zero-order valence-corrected chi connectivity index (χ0v) is 15.2. The first-order valence-corrected chi connectivity index (χ1v) is 8.61. The van der Waals surface area contributed by atoms with Crippen LogP contribution < -0.4 is 15.6 Å². The zero-order chi connectivity index (χ0) is 18.7. The van der Waals surface area contributed by atoms with Crippen molar-refractivity contribution in [3.05, 3.63) is 57.6 Å². The van der Waals surface area contributed by atoms with Gasteiger partial charge in [-0.1, -0.05) is 6.07 Å². The van der Waals surface area contributed by atoms with E-state index in [1.807, 2.05) is 19.9 Å². The van der Waals surface area contributed by atoms with Crippen molar-refractivity contribution in [3.8, 4) is 5.88 Å². The van der Waals surface area contributed by atoms with Gasteiger partial charge in [0.05, 0.1) is 12.6 Å². The van der Waals surface area contributed by atoms with Gasteiger partial charge in [0.2, 0.25) is 5.88 Å². The van der Waals surface area contributed by atoms with Crippen LogP contribution in [0.3, 0.4) is 0 Å². The molecule has 1 aliphatic rings. The first-order valence-electron chi connectivity index (χ1n) is 8.61. The van der Waals surface area contributed by atoms with E-state index in [0.29, 0.717) is 25.5 Å². The van der Waals surface area contributed by atoms with Crippen LogP contribution in [0.5, 0.6) is 5.88 Å². The Balaban J connectivity index is 1.78. The molecule has 0 radical (unpaired) electrons. The van der Waals surface area contributed by atoms with Crippen molar-refractivity contribution < 1.29 is 14.3 Å². The third-order valence-electron chi connectivity index (χ3n) is 4.74. The Bertz CT molecular complexity index is 848. The van der Waals surface area contributed by atoms with Gasteiger partial charge in [0.15, 0.2) is 0 Å². The smallest absolute Gasteiger partial charge is 0.263 e. The Morgan fingerprint density at radius 2 is 2.19 bits per heavy atom. The summed E-state index contributed by atoms with van der Waals surface area (Å²) in [4.78, 5) is 29.3. The quantitative estimate of drug-likeness (QED) is 0.893. The van der Waals surface area contributed by atoms with Crippen molar-refractivity contribution in [1.29, 1.82) is 0 Å². The molecule has 0 aromatic carbocycles. The van der Waals surface area contributed by atoms with Crippen molar-refractivity contribution in [1.82, 2.24) is 14.9 Å². The molecule has 1 amide bonds. The lowest BCUT2D eigenvalue weighted by atomic mass is 10.0. The fraction of sp³-hybridized carbons (Fsp3) is 0.421. The zero-order valence-electron chi connectivity index (χ0n) is 15.2. The maximum Gasteiger partial charge on any atom is 0.263 e. The van der Waals surface area contributed by atoms with Gasteiger partial charge >= 0.3 is 0 Å². The summed E-state index contributed by atoms with van der Waals surface area (Å²) in [5.41, 5.74) is 1.57. The number of carbonyl (C=O) groups excluding carboxylic acids is 1. The SMILES string of the molecule is Cc1cc(C(=O)N[C@@H]2CCOC[C@H]2Oc2ccccn2)c(=O)n(C)c1C. The number of pyridine rings is 2. The predicted octanol–water partition coefficient (Wildman–Crippen LogP) is 1.36. The van der Waals surface area contributed by atoms with E-state index in [-0.39, 0.29) is 23.3 Å². The fourth-order valence-corrected chi connectivity index (χ4v) is 2.95. The molecule has 2 aromatic rings. The molecule has 7 heteroatoms. The number of hydrogen-bond donors (Lipinski definition) is 1. The number of nitrogens with one attached hydrogen (secondary N) is 1. The third kappa shape index (κ3) is 3.77. The van der Waals surface area contributed by atoms with E-state index in [9.17, 15) is 9.59 Å². The summed E-state index contributed by atoms with van der Waals surface area (Å²) in [6.07, 6.45) is 1.89. The van der Waals surface area contributed by atoms with Gasteiger partial charge in [-0.25, -0.2) is 4.98 Å². The van der Waals surface area contributed by atoms with Crippen LogP contribution in [-0.2, 0) is 11.8 Å². The Hall–Kier alpha value is -2.67. The van der Waals surface area contributed by atoms with Gasteiger partial charge in [-0.15, -0.1) is 0 Å². The Labute approximate surface area is 152 Å². The molecule has 0 spiro atoms. The summed E-state index contributed by atoms with van der Waals surface area (Å²) in [6, 6.07) is 6.77. The Morgan fingerprint density at radius 1 is 1.38 bits per heavy atom. The van der Waals surface area contributed by atoms with Crippen LogP contribution in [0.1, 0.15) is 28.0 Å². The third-order valence-corrected chi connectivity index (χ3v) is 4.74. The maximum atomic E-state index is 12.7. The van der Waals surface area contributed by atoms with Crippen molar-refractivity contribution in [2.24, 2.45) is 7.05 Å². The molecule has 0 unspecified atom stereocenters. The highest BCUT2D eigenvalue weighted by Gasteiger charge is 2.30. The van der Waals surface area contributed by atoms with E-state index < -0.39 is 5.91 Å². The molecule has 138 valence electrons. The molecular weight excluding hydrogens is 334 g/mol. The minimum Gasteiger partial charge on any atom is -0.470 e. The maximum absolute atomic E-state index is 12.7. The first kappa shape index (κ1) is 18.1. The minimum atomic E-state index is -0.393. The monoisotopic (exact) mass is 357 g/mol. The average molecular weight is 357 g/mol. The van der Waals surface area contributed by atoms with Gasteiger partial charge in [0.25, 0.3) is 11.5 Å². The van der Waals surface area contributed by atoms with Crippen LogP contribution in [0.15, 0.2) is 35.3 Å². The fourth-order valence-electron chi connectivity index (χ4n) is 2.95. The normalized spacial score (nSPS) is 19.8. The summed E-state index contributed by atoms with van der Waals surface area (Å²) in [5.74, 6) is 0.0829. The molecule has 3 rings (SSSR count). The Morgan fingerprint density at radius 3 is 2.92 bits per heavy atom. The van der Waals surface area contributed by atoms with E-state index in [0.717, 1.165) is 11.3 Å². The number of carbonyl (C=O) groups is 1. The molecule has 0 aliphatic carbocycles. The average Bonchev–Trinajstić information content (AvgIpc) is 2.65. The number of aromatic nitrogens is 2. The minimum absolute atomic E-state index is 0.138. The lowest BCUT2D eigenvalue weighted by molar-refractivity contribution is -0.0153. The number of nitrogens with zero attached hydrogens (tertiary/aromatic N) is 2. The van der Waals surface area contributed by atoms with Crippen LogP contribution in [0.2, 0.25) is 0 Å². The van der Waals surface area contributed by atoms with E-state index in [1.54, 1.807) is 31.4 Å². The second kappa shape index (κ2) is 7.70. The summed E-state index contributed by atoms with van der Waals surface area (Å²) < 4.78 is 12.8. The number of aryl methyl sites for hydroxylation is 1. The van der Waals surface area contributed by atoms with E-state index in [2.05, 4.69) is 10.3 Å². The van der Waals surface area contributed by atoms with Crippen molar-refractivity contribution >= 4 is 5.91 Å². The van der Waals surface area contributed by atoms with Crippen LogP contribution in [-0.4, -0.2) is 40.8 Å². The van der Waals surface area contributed by atoms with Crippen LogP contribution in [0, 0.1) is 13.8 Å². The summed E-state index contributed by atoms with van der Waals surface area (Å²) >= 11 is 0. The molecule has 3 heterocycles. The van der Waals surface area contributed by atoms with Gasteiger partial charge in [0.1, 0.15) is 11.7 Å². The van der Waals surface area contributed by atoms with Crippen molar-refractivity contribution in [3.63, 3.8) is 0 Å². The van der Waals surface area contributed by atoms with Gasteiger partial charge in [-0.05, 0) is 38.0 Å². The molecule has 1 fully saturated rings. The molecule has 1 N–H and O–H groups in total. The molecule has 1 aliphatic heterocycles. The molecule has 0 bridgehead atoms. The molecule has 2 aromatic heterocycles. The van der Waals surface area contributed by atoms with Crippen LogP contribution >= 0.6 is 0 Å². The highest BCUT2D eigenvalue weighted by molar-refractivity contribution is 5.94. The molecular formula is C19H23N3O4. The molecule has 1 saturated heterocycles. The lowest BCUT2D eigenvalue weighted by Gasteiger charge is -2.32. The first-order chi connectivity index (χ1) is 12.5. The van der Waals surface area contributed by atoms with E-state index in [4.69, 9.17) is 9.47 Å². The summed E-state index contributed by atoms with van der Waals surface area (Å²) in [6.45, 7) is 4.62. The number of hydrogen-bond acceptors (Lipinski definition) is 5. The Kier molecular flexibility index (Phi) is 5.37. The predicted molar refractivity (Wildman–Crippen MR) is 96.5 cm³/mol.